The molecular weight excluding hydrogens is 312 g/mol. The molecule has 0 bridgehead atoms. The average Bonchev–Trinajstić information content (AvgIpc) is 2.22. The van der Waals surface area contributed by atoms with E-state index in [9.17, 15) is 22.5 Å². The lowest BCUT2D eigenvalue weighted by Gasteiger charge is -2.30. The van der Waals surface area contributed by atoms with Gasteiger partial charge in [0.05, 0.1) is 12.2 Å². The zero-order valence-electron chi connectivity index (χ0n) is 12.8. The summed E-state index contributed by atoms with van der Waals surface area (Å²) < 4.78 is 65.9. The molecule has 0 aromatic carbocycles. The highest BCUT2D eigenvalue weighted by Gasteiger charge is 2.57. The Bertz CT molecular complexity index is 368. The van der Waals surface area contributed by atoms with Gasteiger partial charge in [-0.2, -0.15) is 13.2 Å². The minimum atomic E-state index is -5.05. The zero-order valence-corrected chi connectivity index (χ0v) is 13.7. The van der Waals surface area contributed by atoms with Gasteiger partial charge in [0.15, 0.2) is 0 Å². The Labute approximate surface area is 122 Å². The molecule has 0 aliphatic carbocycles. The third-order valence-electron chi connectivity index (χ3n) is 1.98. The number of rotatable bonds is 8. The standard InChI is InChI=1S/C12H22F3O5P/c1-6-7-10(16)18-11(12(13,14)15)21(17,19-8(2)3)20-9(4)5/h8-9,11H,6-7H2,1-5H3. The molecule has 5 nitrogen and oxygen atoms in total. The predicted molar refractivity (Wildman–Crippen MR) is 70.9 cm³/mol. The summed E-state index contributed by atoms with van der Waals surface area (Å²) >= 11 is 0. The summed E-state index contributed by atoms with van der Waals surface area (Å²) in [5, 5.41) is 0. The monoisotopic (exact) mass is 334 g/mol. The van der Waals surface area contributed by atoms with Crippen LogP contribution in [0, 0.1) is 0 Å². The van der Waals surface area contributed by atoms with E-state index < -0.39 is 37.8 Å². The molecule has 0 aliphatic rings. The van der Waals surface area contributed by atoms with Crippen molar-refractivity contribution in [2.75, 3.05) is 0 Å². The van der Waals surface area contributed by atoms with Gasteiger partial charge in [-0.15, -0.1) is 0 Å². The van der Waals surface area contributed by atoms with E-state index in [-0.39, 0.29) is 6.42 Å². The summed E-state index contributed by atoms with van der Waals surface area (Å²) in [5.41, 5.74) is 0. The predicted octanol–water partition coefficient (Wildman–Crippen LogP) is 4.26. The maximum Gasteiger partial charge on any atom is 0.437 e. The lowest BCUT2D eigenvalue weighted by atomic mass is 10.3. The molecule has 21 heavy (non-hydrogen) atoms. The quantitative estimate of drug-likeness (QED) is 0.490. The fourth-order valence-electron chi connectivity index (χ4n) is 1.42. The van der Waals surface area contributed by atoms with Gasteiger partial charge >= 0.3 is 19.7 Å². The molecule has 0 fully saturated rings. The van der Waals surface area contributed by atoms with Crippen molar-refractivity contribution in [2.45, 2.75) is 71.7 Å². The number of carbonyl (C=O) groups is 1. The summed E-state index contributed by atoms with van der Waals surface area (Å²) in [5.74, 6) is -4.02. The first-order valence-electron chi connectivity index (χ1n) is 6.65. The Morgan fingerprint density at radius 2 is 1.52 bits per heavy atom. The van der Waals surface area contributed by atoms with Crippen molar-refractivity contribution in [2.24, 2.45) is 0 Å². The number of alkyl halides is 3. The number of esters is 1. The van der Waals surface area contributed by atoms with Crippen molar-refractivity contribution in [3.63, 3.8) is 0 Å². The molecule has 0 saturated heterocycles. The van der Waals surface area contributed by atoms with E-state index in [2.05, 4.69) is 4.74 Å². The summed E-state index contributed by atoms with van der Waals surface area (Å²) in [6.45, 7) is 7.27. The molecule has 0 rings (SSSR count). The van der Waals surface area contributed by atoms with Crippen molar-refractivity contribution >= 4 is 13.6 Å². The van der Waals surface area contributed by atoms with Crippen molar-refractivity contribution in [1.29, 1.82) is 0 Å². The van der Waals surface area contributed by atoms with Crippen molar-refractivity contribution in [1.82, 2.24) is 0 Å². The first kappa shape index (κ1) is 20.4. The molecule has 1 atom stereocenters. The van der Waals surface area contributed by atoms with Gasteiger partial charge in [-0.05, 0) is 34.1 Å². The highest BCUT2D eigenvalue weighted by molar-refractivity contribution is 7.54. The van der Waals surface area contributed by atoms with Gasteiger partial charge in [0.2, 0.25) is 0 Å². The van der Waals surface area contributed by atoms with Crippen LogP contribution in [0.4, 0.5) is 13.2 Å². The van der Waals surface area contributed by atoms with Crippen LogP contribution in [0.3, 0.4) is 0 Å². The van der Waals surface area contributed by atoms with E-state index in [0.29, 0.717) is 6.42 Å². The number of hydrogen-bond donors (Lipinski definition) is 0. The van der Waals surface area contributed by atoms with E-state index in [0.717, 1.165) is 0 Å². The highest BCUT2D eigenvalue weighted by atomic mass is 31.2. The Hall–Kier alpha value is -0.590. The maximum atomic E-state index is 13.1. The molecule has 0 saturated carbocycles. The van der Waals surface area contributed by atoms with Crippen LogP contribution >= 0.6 is 7.60 Å². The molecule has 126 valence electrons. The third-order valence-corrected chi connectivity index (χ3v) is 4.38. The molecule has 0 radical (unpaired) electrons. The van der Waals surface area contributed by atoms with Crippen LogP contribution in [0.5, 0.6) is 0 Å². The van der Waals surface area contributed by atoms with Crippen LogP contribution in [0.25, 0.3) is 0 Å². The largest absolute Gasteiger partial charge is 0.439 e. The van der Waals surface area contributed by atoms with Crippen LogP contribution < -0.4 is 0 Å². The average molecular weight is 334 g/mol. The Morgan fingerprint density at radius 3 is 1.81 bits per heavy atom. The second kappa shape index (κ2) is 8.15. The topological polar surface area (TPSA) is 61.8 Å². The van der Waals surface area contributed by atoms with Gasteiger partial charge in [0.25, 0.3) is 5.85 Å². The molecule has 9 heteroatoms. The maximum absolute atomic E-state index is 13.1. The van der Waals surface area contributed by atoms with Crippen LogP contribution in [-0.2, 0) is 23.1 Å². The van der Waals surface area contributed by atoms with E-state index in [1.807, 2.05) is 0 Å². The second-order valence-electron chi connectivity index (χ2n) is 4.98. The summed E-state index contributed by atoms with van der Waals surface area (Å²) in [6.07, 6.45) is -6.53. The van der Waals surface area contributed by atoms with Crippen LogP contribution in [0.1, 0.15) is 47.5 Å². The molecule has 0 heterocycles. The Kier molecular flexibility index (Phi) is 7.92. The van der Waals surface area contributed by atoms with E-state index in [4.69, 9.17) is 9.05 Å². The van der Waals surface area contributed by atoms with Crippen LogP contribution in [-0.4, -0.2) is 30.2 Å². The molecule has 0 aliphatic heterocycles. The lowest BCUT2D eigenvalue weighted by molar-refractivity contribution is -0.204. The minimum Gasteiger partial charge on any atom is -0.439 e. The smallest absolute Gasteiger partial charge is 0.437 e. The van der Waals surface area contributed by atoms with Gasteiger partial charge in [-0.1, -0.05) is 6.92 Å². The van der Waals surface area contributed by atoms with Gasteiger partial charge in [-0.3, -0.25) is 9.36 Å². The minimum absolute atomic E-state index is 0.212. The molecule has 1 unspecified atom stereocenters. The van der Waals surface area contributed by atoms with Crippen molar-refractivity contribution in [3.05, 3.63) is 0 Å². The van der Waals surface area contributed by atoms with E-state index in [1.54, 1.807) is 6.92 Å². The Balaban J connectivity index is 5.48. The normalized spacial score (nSPS) is 14.6. The molecule has 0 aromatic heterocycles. The number of halogens is 3. The first-order valence-corrected chi connectivity index (χ1v) is 8.26. The molecule has 0 spiro atoms. The summed E-state index contributed by atoms with van der Waals surface area (Å²) in [7, 11) is -4.71. The fourth-order valence-corrected chi connectivity index (χ4v) is 3.47. The van der Waals surface area contributed by atoms with Crippen LogP contribution in [0.2, 0.25) is 0 Å². The first-order chi connectivity index (χ1) is 9.42. The third kappa shape index (κ3) is 7.29. The summed E-state index contributed by atoms with van der Waals surface area (Å²) in [6, 6.07) is 0. The van der Waals surface area contributed by atoms with Gasteiger partial charge in [0, 0.05) is 6.42 Å². The van der Waals surface area contributed by atoms with Gasteiger partial charge < -0.3 is 13.8 Å². The van der Waals surface area contributed by atoms with Crippen molar-refractivity contribution in [3.8, 4) is 0 Å². The Morgan fingerprint density at radius 1 is 1.10 bits per heavy atom. The highest BCUT2D eigenvalue weighted by Crippen LogP contribution is 2.60. The van der Waals surface area contributed by atoms with Gasteiger partial charge in [0.1, 0.15) is 0 Å². The van der Waals surface area contributed by atoms with E-state index >= 15 is 0 Å². The van der Waals surface area contributed by atoms with E-state index in [1.165, 1.54) is 27.7 Å². The van der Waals surface area contributed by atoms with Gasteiger partial charge in [-0.25, -0.2) is 0 Å². The van der Waals surface area contributed by atoms with Crippen LogP contribution in [0.15, 0.2) is 0 Å². The number of ether oxygens (including phenoxy) is 1. The SMILES string of the molecule is CCCC(=O)OC(C(F)(F)F)P(=O)(OC(C)C)OC(C)C. The molecule has 0 amide bonds. The summed E-state index contributed by atoms with van der Waals surface area (Å²) in [4.78, 5) is 11.4. The second-order valence-corrected chi connectivity index (χ2v) is 6.95. The lowest BCUT2D eigenvalue weighted by Crippen LogP contribution is -2.36. The van der Waals surface area contributed by atoms with Crippen molar-refractivity contribution < 1.29 is 36.3 Å². The molecular formula is C12H22F3O5P. The fraction of sp³-hybridized carbons (Fsp3) is 0.917. The molecule has 0 aromatic rings. The molecule has 0 N–H and O–H groups in total. The number of hydrogen-bond acceptors (Lipinski definition) is 5. The zero-order chi connectivity index (χ0) is 16.8. The number of carbonyl (C=O) groups excluding carboxylic acids is 1.